The lowest BCUT2D eigenvalue weighted by molar-refractivity contribution is 0.0941. The van der Waals surface area contributed by atoms with Crippen molar-refractivity contribution in [1.29, 1.82) is 0 Å². The summed E-state index contributed by atoms with van der Waals surface area (Å²) >= 11 is 1.42. The molecule has 4 heteroatoms. The van der Waals surface area contributed by atoms with Gasteiger partial charge in [0.25, 0.3) is 5.91 Å². The van der Waals surface area contributed by atoms with E-state index >= 15 is 0 Å². The number of aromatic nitrogens is 1. The molecule has 14 heavy (non-hydrogen) atoms. The van der Waals surface area contributed by atoms with E-state index in [-0.39, 0.29) is 5.91 Å². The van der Waals surface area contributed by atoms with Crippen LogP contribution in [-0.4, -0.2) is 16.9 Å². The SMILES string of the molecule is Cc1ncsc1C(=O)NC1CCCC1. The van der Waals surface area contributed by atoms with Crippen LogP contribution in [-0.2, 0) is 0 Å². The maximum Gasteiger partial charge on any atom is 0.263 e. The van der Waals surface area contributed by atoms with Crippen molar-refractivity contribution >= 4 is 17.2 Å². The maximum atomic E-state index is 11.7. The molecule has 0 unspecified atom stereocenters. The Bertz CT molecular complexity index is 329. The number of carbonyl (C=O) groups excluding carboxylic acids is 1. The summed E-state index contributed by atoms with van der Waals surface area (Å²) in [5, 5.41) is 3.05. The minimum Gasteiger partial charge on any atom is -0.349 e. The Morgan fingerprint density at radius 1 is 1.57 bits per heavy atom. The highest BCUT2D eigenvalue weighted by atomic mass is 32.1. The second-order valence-corrected chi connectivity index (χ2v) is 4.58. The second kappa shape index (κ2) is 4.09. The second-order valence-electron chi connectivity index (χ2n) is 3.72. The van der Waals surface area contributed by atoms with Crippen LogP contribution in [0.25, 0.3) is 0 Å². The maximum absolute atomic E-state index is 11.7. The number of hydrogen-bond donors (Lipinski definition) is 1. The number of nitrogens with one attached hydrogen (secondary N) is 1. The zero-order chi connectivity index (χ0) is 9.97. The summed E-state index contributed by atoms with van der Waals surface area (Å²) in [5.41, 5.74) is 2.56. The molecule has 1 heterocycles. The molecule has 0 saturated heterocycles. The molecule has 2 rings (SSSR count). The Labute approximate surface area is 87.6 Å². The van der Waals surface area contributed by atoms with Crippen molar-refractivity contribution in [3.05, 3.63) is 16.1 Å². The zero-order valence-electron chi connectivity index (χ0n) is 8.25. The molecule has 1 aromatic heterocycles. The van der Waals surface area contributed by atoms with E-state index in [0.29, 0.717) is 6.04 Å². The van der Waals surface area contributed by atoms with Crippen LogP contribution < -0.4 is 5.32 Å². The van der Waals surface area contributed by atoms with Gasteiger partial charge in [-0.05, 0) is 19.8 Å². The van der Waals surface area contributed by atoms with Crippen molar-refractivity contribution < 1.29 is 4.79 Å². The zero-order valence-corrected chi connectivity index (χ0v) is 9.06. The number of thiazole rings is 1. The first kappa shape index (κ1) is 9.65. The number of nitrogens with zero attached hydrogens (tertiary/aromatic N) is 1. The van der Waals surface area contributed by atoms with Crippen LogP contribution in [0.2, 0.25) is 0 Å². The van der Waals surface area contributed by atoms with E-state index in [1.54, 1.807) is 5.51 Å². The number of rotatable bonds is 2. The molecule has 1 fully saturated rings. The van der Waals surface area contributed by atoms with E-state index in [0.717, 1.165) is 23.4 Å². The van der Waals surface area contributed by atoms with E-state index in [1.807, 2.05) is 6.92 Å². The van der Waals surface area contributed by atoms with E-state index in [9.17, 15) is 4.79 Å². The van der Waals surface area contributed by atoms with Crippen LogP contribution in [0.15, 0.2) is 5.51 Å². The monoisotopic (exact) mass is 210 g/mol. The van der Waals surface area contributed by atoms with E-state index in [1.165, 1.54) is 24.2 Å². The van der Waals surface area contributed by atoms with Crippen LogP contribution in [0.3, 0.4) is 0 Å². The van der Waals surface area contributed by atoms with Gasteiger partial charge in [0.05, 0.1) is 11.2 Å². The van der Waals surface area contributed by atoms with Crippen molar-refractivity contribution in [2.45, 2.75) is 38.6 Å². The number of amides is 1. The summed E-state index contributed by atoms with van der Waals surface area (Å²) in [6, 6.07) is 0.393. The quantitative estimate of drug-likeness (QED) is 0.812. The molecule has 0 aromatic carbocycles. The third-order valence-corrected chi connectivity index (χ3v) is 3.57. The fraction of sp³-hybridized carbons (Fsp3) is 0.600. The van der Waals surface area contributed by atoms with Crippen LogP contribution in [0.1, 0.15) is 41.0 Å². The average molecular weight is 210 g/mol. The molecule has 3 nitrogen and oxygen atoms in total. The van der Waals surface area contributed by atoms with Crippen molar-refractivity contribution in [3.8, 4) is 0 Å². The average Bonchev–Trinajstić information content (AvgIpc) is 2.75. The van der Waals surface area contributed by atoms with Gasteiger partial charge in [-0.15, -0.1) is 11.3 Å². The Hall–Kier alpha value is -0.900. The molecule has 0 spiro atoms. The van der Waals surface area contributed by atoms with Crippen LogP contribution in [0.5, 0.6) is 0 Å². The third-order valence-electron chi connectivity index (χ3n) is 2.64. The van der Waals surface area contributed by atoms with Gasteiger partial charge in [0.1, 0.15) is 4.88 Å². The predicted octanol–water partition coefficient (Wildman–Crippen LogP) is 2.12. The molecule has 1 aromatic rings. The molecule has 0 atom stereocenters. The summed E-state index contributed by atoms with van der Waals surface area (Å²) in [5.74, 6) is 0.0527. The standard InChI is InChI=1S/C10H14N2OS/c1-7-9(14-6-11-7)10(13)12-8-4-2-3-5-8/h6,8H,2-5H2,1H3,(H,12,13). The van der Waals surface area contributed by atoms with Gasteiger partial charge in [-0.1, -0.05) is 12.8 Å². The molecular formula is C10H14N2OS. The van der Waals surface area contributed by atoms with Gasteiger partial charge in [0, 0.05) is 6.04 Å². The molecule has 76 valence electrons. The highest BCUT2D eigenvalue weighted by Crippen LogP contribution is 2.19. The van der Waals surface area contributed by atoms with Crippen LogP contribution in [0.4, 0.5) is 0 Å². The van der Waals surface area contributed by atoms with Crippen molar-refractivity contribution in [2.24, 2.45) is 0 Å². The fourth-order valence-electron chi connectivity index (χ4n) is 1.84. The van der Waals surface area contributed by atoms with Crippen LogP contribution in [0, 0.1) is 6.92 Å². The lowest BCUT2D eigenvalue weighted by Gasteiger charge is -2.10. The van der Waals surface area contributed by atoms with E-state index in [4.69, 9.17) is 0 Å². The Balaban J connectivity index is 1.98. The topological polar surface area (TPSA) is 42.0 Å². The first-order chi connectivity index (χ1) is 6.77. The van der Waals surface area contributed by atoms with Gasteiger partial charge in [-0.2, -0.15) is 0 Å². The summed E-state index contributed by atoms with van der Waals surface area (Å²) in [7, 11) is 0. The smallest absolute Gasteiger partial charge is 0.263 e. The molecule has 1 N–H and O–H groups in total. The first-order valence-corrected chi connectivity index (χ1v) is 5.86. The largest absolute Gasteiger partial charge is 0.349 e. The van der Waals surface area contributed by atoms with E-state index in [2.05, 4.69) is 10.3 Å². The number of aryl methyl sites for hydroxylation is 1. The lowest BCUT2D eigenvalue weighted by Crippen LogP contribution is -2.32. The van der Waals surface area contributed by atoms with Crippen molar-refractivity contribution in [1.82, 2.24) is 10.3 Å². The van der Waals surface area contributed by atoms with Crippen LogP contribution >= 0.6 is 11.3 Å². The van der Waals surface area contributed by atoms with Gasteiger partial charge in [0.15, 0.2) is 0 Å². The lowest BCUT2D eigenvalue weighted by atomic mass is 10.2. The molecule has 1 aliphatic rings. The minimum atomic E-state index is 0.0527. The van der Waals surface area contributed by atoms with Gasteiger partial charge >= 0.3 is 0 Å². The molecule has 1 aliphatic carbocycles. The Morgan fingerprint density at radius 2 is 2.29 bits per heavy atom. The highest BCUT2D eigenvalue weighted by molar-refractivity contribution is 7.11. The summed E-state index contributed by atoms with van der Waals surface area (Å²) in [6.45, 7) is 1.88. The van der Waals surface area contributed by atoms with Gasteiger partial charge in [-0.25, -0.2) is 4.98 Å². The predicted molar refractivity (Wildman–Crippen MR) is 56.6 cm³/mol. The van der Waals surface area contributed by atoms with Gasteiger partial charge < -0.3 is 5.32 Å². The van der Waals surface area contributed by atoms with Crippen molar-refractivity contribution in [3.63, 3.8) is 0 Å². The normalized spacial score (nSPS) is 17.2. The molecular weight excluding hydrogens is 196 g/mol. The molecule has 0 radical (unpaired) electrons. The number of hydrogen-bond acceptors (Lipinski definition) is 3. The molecule has 1 saturated carbocycles. The molecule has 1 amide bonds. The summed E-state index contributed by atoms with van der Waals surface area (Å²) in [6.07, 6.45) is 4.74. The van der Waals surface area contributed by atoms with Gasteiger partial charge in [0.2, 0.25) is 0 Å². The van der Waals surface area contributed by atoms with Crippen molar-refractivity contribution in [2.75, 3.05) is 0 Å². The van der Waals surface area contributed by atoms with E-state index < -0.39 is 0 Å². The molecule has 0 bridgehead atoms. The summed E-state index contributed by atoms with van der Waals surface area (Å²) < 4.78 is 0. The molecule has 0 aliphatic heterocycles. The third kappa shape index (κ3) is 1.95. The highest BCUT2D eigenvalue weighted by Gasteiger charge is 2.19. The summed E-state index contributed by atoms with van der Waals surface area (Å²) in [4.78, 5) is 16.6. The fourth-order valence-corrected chi connectivity index (χ4v) is 2.55. The Morgan fingerprint density at radius 3 is 2.86 bits per heavy atom. The Kier molecular flexibility index (Phi) is 2.82. The number of carbonyl (C=O) groups is 1. The minimum absolute atomic E-state index is 0.0527. The van der Waals surface area contributed by atoms with Gasteiger partial charge in [-0.3, -0.25) is 4.79 Å². The first-order valence-electron chi connectivity index (χ1n) is 4.98.